The number of carbonyl (C=O) groups is 3. The van der Waals surface area contributed by atoms with Crippen molar-refractivity contribution in [1.82, 2.24) is 20.0 Å². The van der Waals surface area contributed by atoms with Gasteiger partial charge in [-0.2, -0.15) is 52.7 Å². The summed E-state index contributed by atoms with van der Waals surface area (Å²) in [6.07, 6.45) is -35.2. The van der Waals surface area contributed by atoms with Crippen LogP contribution in [0.1, 0.15) is 20.8 Å². The monoisotopic (exact) mass is 660 g/mol. The number of hydrogen-bond acceptors (Lipinski definition) is 7. The second-order valence-electron chi connectivity index (χ2n) is 9.89. The molecule has 0 aromatic heterocycles. The fraction of sp³-hybridized carbons (Fsp3) is 0.857. The summed E-state index contributed by atoms with van der Waals surface area (Å²) in [7, 11) is 0. The largest absolute Gasteiger partial charge is 0.444 e. The van der Waals surface area contributed by atoms with Gasteiger partial charge in [0.15, 0.2) is 0 Å². The molecule has 2 rings (SSSR count). The number of ether oxygens (including phenoxy) is 3. The highest BCUT2D eigenvalue weighted by Gasteiger charge is 2.61. The van der Waals surface area contributed by atoms with Gasteiger partial charge in [-0.3, -0.25) is 0 Å². The first kappa shape index (κ1) is 38.0. The Labute approximate surface area is 236 Å². The zero-order valence-electron chi connectivity index (χ0n) is 22.6. The van der Waals surface area contributed by atoms with Crippen LogP contribution in [0.15, 0.2) is 0 Å². The Morgan fingerprint density at radius 3 is 1.09 bits per heavy atom. The number of rotatable bonds is 2. The van der Waals surface area contributed by atoms with E-state index in [-0.39, 0.29) is 52.4 Å². The molecule has 2 heterocycles. The Bertz CT molecular complexity index is 907. The third kappa shape index (κ3) is 13.0. The van der Waals surface area contributed by atoms with E-state index in [9.17, 15) is 67.1 Å². The number of piperazine rings is 2. The predicted octanol–water partition coefficient (Wildman–Crippen LogP) is 4.69. The second kappa shape index (κ2) is 14.1. The molecule has 0 atom stereocenters. The standard InChI is InChI=1S/C13H18F6N2O4.C8H10F6N2O2/c1-11(2,3)25-10(23)21-6-4-20(5-7-21)9(22)24-8(12(14,15)16)13(17,18)19;9-7(10,11)5(8(12,13)14)18-6(17)16-3-1-15-2-4-16/h8H,4-7H2,1-3H3;5,15H,1-4H2. The molecule has 1 N–H and O–H groups in total. The zero-order chi connectivity index (χ0) is 33.6. The van der Waals surface area contributed by atoms with Gasteiger partial charge < -0.3 is 34.2 Å². The van der Waals surface area contributed by atoms with E-state index in [1.54, 1.807) is 20.8 Å². The molecule has 0 radical (unpaired) electrons. The zero-order valence-corrected chi connectivity index (χ0v) is 22.6. The van der Waals surface area contributed by atoms with E-state index < -0.39 is 60.8 Å². The number of amides is 3. The highest BCUT2D eigenvalue weighted by Crippen LogP contribution is 2.37. The molecule has 2 aliphatic rings. The second-order valence-corrected chi connectivity index (χ2v) is 9.89. The van der Waals surface area contributed by atoms with Gasteiger partial charge in [-0.25, -0.2) is 14.4 Å². The Hall–Kier alpha value is -3.07. The van der Waals surface area contributed by atoms with Crippen LogP contribution >= 0.6 is 0 Å². The molecule has 0 unspecified atom stereocenters. The van der Waals surface area contributed by atoms with E-state index in [2.05, 4.69) is 14.8 Å². The fourth-order valence-corrected chi connectivity index (χ4v) is 3.23. The van der Waals surface area contributed by atoms with Gasteiger partial charge >= 0.3 is 43.0 Å². The summed E-state index contributed by atoms with van der Waals surface area (Å²) >= 11 is 0. The summed E-state index contributed by atoms with van der Waals surface area (Å²) < 4.78 is 159. The van der Waals surface area contributed by atoms with Gasteiger partial charge in [-0.05, 0) is 20.8 Å². The molecule has 0 saturated carbocycles. The van der Waals surface area contributed by atoms with E-state index >= 15 is 0 Å². The van der Waals surface area contributed by atoms with Gasteiger partial charge in [0.25, 0.3) is 12.2 Å². The highest BCUT2D eigenvalue weighted by molar-refractivity contribution is 5.70. The summed E-state index contributed by atoms with van der Waals surface area (Å²) in [4.78, 5) is 37.2. The van der Waals surface area contributed by atoms with Gasteiger partial charge in [0.1, 0.15) is 5.60 Å². The third-order valence-corrected chi connectivity index (χ3v) is 5.19. The number of nitrogens with one attached hydrogen (secondary N) is 1. The quantitative estimate of drug-likeness (QED) is 0.339. The minimum atomic E-state index is -5.77. The number of halogens is 12. The Morgan fingerprint density at radius 1 is 0.535 bits per heavy atom. The lowest BCUT2D eigenvalue weighted by Gasteiger charge is -2.35. The summed E-state index contributed by atoms with van der Waals surface area (Å²) in [6, 6.07) is 0. The Balaban J connectivity index is 0.000000453. The first-order chi connectivity index (χ1) is 19.2. The van der Waals surface area contributed by atoms with Crippen LogP contribution in [0.5, 0.6) is 0 Å². The van der Waals surface area contributed by atoms with Crippen molar-refractivity contribution in [2.45, 2.75) is 63.3 Å². The van der Waals surface area contributed by atoms with E-state index in [4.69, 9.17) is 4.74 Å². The van der Waals surface area contributed by atoms with Crippen molar-refractivity contribution in [2.75, 3.05) is 52.4 Å². The first-order valence-corrected chi connectivity index (χ1v) is 12.1. The smallest absolute Gasteiger partial charge is 0.434 e. The molecule has 2 saturated heterocycles. The minimum Gasteiger partial charge on any atom is -0.444 e. The molecule has 2 aliphatic heterocycles. The molecule has 2 fully saturated rings. The van der Waals surface area contributed by atoms with E-state index in [1.807, 2.05) is 0 Å². The predicted molar refractivity (Wildman–Crippen MR) is 119 cm³/mol. The molecule has 0 aromatic rings. The maximum absolute atomic E-state index is 12.4. The van der Waals surface area contributed by atoms with Crippen LogP contribution in [-0.2, 0) is 14.2 Å². The fourth-order valence-electron chi connectivity index (χ4n) is 3.23. The molecule has 10 nitrogen and oxygen atoms in total. The van der Waals surface area contributed by atoms with Crippen LogP contribution in [0.4, 0.5) is 67.1 Å². The van der Waals surface area contributed by atoms with E-state index in [1.165, 1.54) is 4.90 Å². The average Bonchev–Trinajstić information content (AvgIpc) is 2.82. The van der Waals surface area contributed by atoms with Crippen LogP contribution in [0.25, 0.3) is 0 Å². The number of carbonyl (C=O) groups excluding carboxylic acids is 3. The summed E-state index contributed by atoms with van der Waals surface area (Å²) in [5, 5.41) is 2.79. The molecule has 0 aromatic carbocycles. The number of nitrogens with zero attached hydrogens (tertiary/aromatic N) is 3. The van der Waals surface area contributed by atoms with Gasteiger partial charge in [0.05, 0.1) is 0 Å². The van der Waals surface area contributed by atoms with Crippen LogP contribution < -0.4 is 5.32 Å². The van der Waals surface area contributed by atoms with Crippen LogP contribution in [0.3, 0.4) is 0 Å². The highest BCUT2D eigenvalue weighted by atomic mass is 19.4. The maximum atomic E-state index is 12.4. The number of hydrogen-bond donors (Lipinski definition) is 1. The normalized spacial score (nSPS) is 17.4. The van der Waals surface area contributed by atoms with Crippen molar-refractivity contribution in [3.8, 4) is 0 Å². The Morgan fingerprint density at radius 2 is 0.814 bits per heavy atom. The van der Waals surface area contributed by atoms with Crippen molar-refractivity contribution < 1.29 is 81.3 Å². The lowest BCUT2D eigenvalue weighted by Crippen LogP contribution is -2.54. The summed E-state index contributed by atoms with van der Waals surface area (Å²) in [5.74, 6) is 0. The van der Waals surface area contributed by atoms with Gasteiger partial charge in [0.2, 0.25) is 0 Å². The molecular weight excluding hydrogens is 632 g/mol. The SMILES string of the molecule is CC(C)(C)OC(=O)N1CCN(C(=O)OC(C(F)(F)F)C(F)(F)F)CC1.O=C(OC(C(F)(F)F)C(F)(F)F)N1CCNCC1. The molecular formula is C21H28F12N4O6. The van der Waals surface area contributed by atoms with Crippen molar-refractivity contribution in [1.29, 1.82) is 0 Å². The topological polar surface area (TPSA) is 101 Å². The summed E-state index contributed by atoms with van der Waals surface area (Å²) in [5.41, 5.74) is -0.764. The minimum absolute atomic E-state index is 0.00126. The molecule has 0 bridgehead atoms. The molecule has 252 valence electrons. The molecule has 22 heteroatoms. The van der Waals surface area contributed by atoms with Crippen molar-refractivity contribution in [3.63, 3.8) is 0 Å². The molecule has 0 spiro atoms. The van der Waals surface area contributed by atoms with Gasteiger partial charge in [0, 0.05) is 52.4 Å². The first-order valence-electron chi connectivity index (χ1n) is 12.1. The molecule has 43 heavy (non-hydrogen) atoms. The Kier molecular flexibility index (Phi) is 12.5. The number of alkyl halides is 12. The van der Waals surface area contributed by atoms with Crippen LogP contribution in [0.2, 0.25) is 0 Å². The van der Waals surface area contributed by atoms with Crippen LogP contribution in [-0.4, -0.2) is 128 Å². The summed E-state index contributed by atoms with van der Waals surface area (Å²) in [6.45, 7) is 4.71. The third-order valence-electron chi connectivity index (χ3n) is 5.19. The van der Waals surface area contributed by atoms with Crippen molar-refractivity contribution in [2.24, 2.45) is 0 Å². The average molecular weight is 660 g/mol. The van der Waals surface area contributed by atoms with E-state index in [0.29, 0.717) is 4.90 Å². The van der Waals surface area contributed by atoms with Gasteiger partial charge in [-0.15, -0.1) is 0 Å². The maximum Gasteiger partial charge on any atom is 0.434 e. The van der Waals surface area contributed by atoms with Crippen molar-refractivity contribution >= 4 is 18.3 Å². The lowest BCUT2D eigenvalue weighted by atomic mass is 10.2. The lowest BCUT2D eigenvalue weighted by molar-refractivity contribution is -0.309. The van der Waals surface area contributed by atoms with Crippen LogP contribution in [0, 0.1) is 0 Å². The molecule has 3 amide bonds. The van der Waals surface area contributed by atoms with Crippen molar-refractivity contribution in [3.05, 3.63) is 0 Å². The van der Waals surface area contributed by atoms with E-state index in [0.717, 1.165) is 4.90 Å². The molecule has 0 aliphatic carbocycles. The van der Waals surface area contributed by atoms with Gasteiger partial charge in [-0.1, -0.05) is 0 Å².